The van der Waals surface area contributed by atoms with Gasteiger partial charge in [0.15, 0.2) is 0 Å². The molecule has 0 spiro atoms. The molecule has 1 aliphatic rings. The monoisotopic (exact) mass is 257 g/mol. The third-order valence-corrected chi connectivity index (χ3v) is 4.23. The van der Waals surface area contributed by atoms with Crippen molar-refractivity contribution in [2.24, 2.45) is 18.7 Å². The molecule has 0 radical (unpaired) electrons. The van der Waals surface area contributed by atoms with Crippen LogP contribution < -0.4 is 5.73 Å². The van der Waals surface area contributed by atoms with Crippen molar-refractivity contribution in [3.8, 4) is 0 Å². The van der Waals surface area contributed by atoms with E-state index in [2.05, 4.69) is 43.7 Å². The van der Waals surface area contributed by atoms with E-state index in [1.165, 1.54) is 16.9 Å². The van der Waals surface area contributed by atoms with E-state index in [0.29, 0.717) is 17.9 Å². The molecule has 0 amide bonds. The van der Waals surface area contributed by atoms with Crippen LogP contribution in [0.4, 0.5) is 0 Å². The normalized spacial score (nSPS) is 23.0. The van der Waals surface area contributed by atoms with Crippen LogP contribution in [-0.4, -0.2) is 15.6 Å². The Morgan fingerprint density at radius 1 is 1.37 bits per heavy atom. The van der Waals surface area contributed by atoms with Crippen LogP contribution in [-0.2, 0) is 13.5 Å². The van der Waals surface area contributed by atoms with E-state index in [9.17, 15) is 0 Å². The summed E-state index contributed by atoms with van der Waals surface area (Å²) in [4.78, 5) is 4.75. The van der Waals surface area contributed by atoms with Crippen LogP contribution in [0.3, 0.4) is 0 Å². The van der Waals surface area contributed by atoms with Crippen LogP contribution in [0.5, 0.6) is 0 Å². The van der Waals surface area contributed by atoms with Gasteiger partial charge in [-0.05, 0) is 42.4 Å². The molecule has 2 aromatic rings. The van der Waals surface area contributed by atoms with Gasteiger partial charge in [0.25, 0.3) is 0 Å². The number of fused-ring (bicyclic) bond motifs is 1. The van der Waals surface area contributed by atoms with E-state index >= 15 is 0 Å². The summed E-state index contributed by atoms with van der Waals surface area (Å²) in [5.41, 5.74) is 9.69. The lowest BCUT2D eigenvalue weighted by Crippen LogP contribution is -2.34. The number of benzene rings is 1. The van der Waals surface area contributed by atoms with Crippen molar-refractivity contribution in [2.45, 2.75) is 45.1 Å². The molecule has 3 nitrogen and oxygen atoms in total. The zero-order chi connectivity index (χ0) is 13.6. The molecule has 1 aromatic heterocycles. The minimum atomic E-state index is 0.406. The van der Waals surface area contributed by atoms with Gasteiger partial charge < -0.3 is 10.3 Å². The maximum atomic E-state index is 5.89. The number of hydrogen-bond donors (Lipinski definition) is 1. The molecule has 0 aliphatic heterocycles. The number of imidazole rings is 1. The second-order valence-electron chi connectivity index (χ2n) is 6.36. The van der Waals surface area contributed by atoms with Gasteiger partial charge in [0, 0.05) is 19.5 Å². The van der Waals surface area contributed by atoms with Gasteiger partial charge >= 0.3 is 0 Å². The average molecular weight is 257 g/mol. The molecule has 0 unspecified atom stereocenters. The van der Waals surface area contributed by atoms with Crippen LogP contribution in [0.2, 0.25) is 0 Å². The first-order chi connectivity index (χ1) is 9.04. The molecule has 0 bridgehead atoms. The SMILES string of the molecule is CC(C)Cc1nc2ccc(C3CC(N)C3)cc2n1C. The second kappa shape index (κ2) is 4.64. The summed E-state index contributed by atoms with van der Waals surface area (Å²) in [6.07, 6.45) is 3.29. The van der Waals surface area contributed by atoms with Crippen LogP contribution in [0.25, 0.3) is 11.0 Å². The molecule has 1 aliphatic carbocycles. The zero-order valence-corrected chi connectivity index (χ0v) is 12.1. The topological polar surface area (TPSA) is 43.8 Å². The highest BCUT2D eigenvalue weighted by Crippen LogP contribution is 2.36. The largest absolute Gasteiger partial charge is 0.331 e. The molecule has 1 fully saturated rings. The Hall–Kier alpha value is -1.35. The smallest absolute Gasteiger partial charge is 0.109 e. The third-order valence-electron chi connectivity index (χ3n) is 4.23. The molecular weight excluding hydrogens is 234 g/mol. The van der Waals surface area contributed by atoms with Crippen molar-refractivity contribution in [3.05, 3.63) is 29.6 Å². The molecule has 0 atom stereocenters. The summed E-state index contributed by atoms with van der Waals surface area (Å²) in [6, 6.07) is 7.11. The van der Waals surface area contributed by atoms with Crippen LogP contribution >= 0.6 is 0 Å². The van der Waals surface area contributed by atoms with Crippen molar-refractivity contribution in [1.29, 1.82) is 0 Å². The summed E-state index contributed by atoms with van der Waals surface area (Å²) in [5.74, 6) is 2.48. The van der Waals surface area contributed by atoms with E-state index in [1.54, 1.807) is 0 Å². The van der Waals surface area contributed by atoms with Gasteiger partial charge in [0.2, 0.25) is 0 Å². The Kier molecular flexibility index (Phi) is 3.09. The first kappa shape index (κ1) is 12.7. The fraction of sp³-hybridized carbons (Fsp3) is 0.562. The highest BCUT2D eigenvalue weighted by Gasteiger charge is 2.27. The lowest BCUT2D eigenvalue weighted by molar-refractivity contribution is 0.351. The Bertz CT molecular complexity index is 591. The number of aryl methyl sites for hydroxylation is 1. The summed E-state index contributed by atoms with van der Waals surface area (Å²) in [5, 5.41) is 0. The highest BCUT2D eigenvalue weighted by atomic mass is 15.1. The molecule has 19 heavy (non-hydrogen) atoms. The number of nitrogens with zero attached hydrogens (tertiary/aromatic N) is 2. The van der Waals surface area contributed by atoms with Crippen molar-refractivity contribution in [1.82, 2.24) is 9.55 Å². The molecular formula is C16H23N3. The molecule has 1 saturated carbocycles. The third kappa shape index (κ3) is 2.27. The van der Waals surface area contributed by atoms with E-state index in [1.807, 2.05) is 0 Å². The van der Waals surface area contributed by atoms with Crippen molar-refractivity contribution < 1.29 is 0 Å². The quantitative estimate of drug-likeness (QED) is 0.918. The van der Waals surface area contributed by atoms with Gasteiger partial charge in [-0.1, -0.05) is 19.9 Å². The van der Waals surface area contributed by atoms with Gasteiger partial charge in [0.1, 0.15) is 5.82 Å². The molecule has 2 N–H and O–H groups in total. The summed E-state index contributed by atoms with van der Waals surface area (Å²) < 4.78 is 2.25. The molecule has 102 valence electrons. The predicted octanol–water partition coefficient (Wildman–Crippen LogP) is 2.98. The Labute approximate surface area is 114 Å². The predicted molar refractivity (Wildman–Crippen MR) is 79.2 cm³/mol. The lowest BCUT2D eigenvalue weighted by atomic mass is 9.76. The molecule has 3 heteroatoms. The molecule has 0 saturated heterocycles. The van der Waals surface area contributed by atoms with Crippen LogP contribution in [0.1, 0.15) is 44.0 Å². The number of rotatable bonds is 3. The zero-order valence-electron chi connectivity index (χ0n) is 12.1. The number of aromatic nitrogens is 2. The Morgan fingerprint density at radius 3 is 2.74 bits per heavy atom. The van der Waals surface area contributed by atoms with E-state index in [0.717, 1.165) is 24.8 Å². The van der Waals surface area contributed by atoms with Gasteiger partial charge in [0.05, 0.1) is 11.0 Å². The Morgan fingerprint density at radius 2 is 2.11 bits per heavy atom. The fourth-order valence-electron chi connectivity index (χ4n) is 2.99. The highest BCUT2D eigenvalue weighted by molar-refractivity contribution is 5.77. The van der Waals surface area contributed by atoms with Crippen molar-refractivity contribution in [3.63, 3.8) is 0 Å². The lowest BCUT2D eigenvalue weighted by Gasteiger charge is -2.32. The summed E-state index contributed by atoms with van der Waals surface area (Å²) in [7, 11) is 2.13. The summed E-state index contributed by atoms with van der Waals surface area (Å²) in [6.45, 7) is 4.47. The van der Waals surface area contributed by atoms with Crippen molar-refractivity contribution >= 4 is 11.0 Å². The molecule has 1 aromatic carbocycles. The van der Waals surface area contributed by atoms with E-state index < -0.39 is 0 Å². The van der Waals surface area contributed by atoms with Gasteiger partial charge in [-0.3, -0.25) is 0 Å². The van der Waals surface area contributed by atoms with E-state index in [-0.39, 0.29) is 0 Å². The van der Waals surface area contributed by atoms with Gasteiger partial charge in [-0.15, -0.1) is 0 Å². The van der Waals surface area contributed by atoms with Crippen LogP contribution in [0.15, 0.2) is 18.2 Å². The standard InChI is InChI=1S/C16H23N3/c1-10(2)6-16-18-14-5-4-11(9-15(14)19(16)3)12-7-13(17)8-12/h4-5,9-10,12-13H,6-8,17H2,1-3H3. The average Bonchev–Trinajstić information content (AvgIpc) is 2.62. The molecule has 1 heterocycles. The second-order valence-corrected chi connectivity index (χ2v) is 6.36. The van der Waals surface area contributed by atoms with Crippen molar-refractivity contribution in [2.75, 3.05) is 0 Å². The van der Waals surface area contributed by atoms with Gasteiger partial charge in [-0.25, -0.2) is 4.98 Å². The first-order valence-electron chi connectivity index (χ1n) is 7.25. The number of hydrogen-bond acceptors (Lipinski definition) is 2. The fourth-order valence-corrected chi connectivity index (χ4v) is 2.99. The minimum Gasteiger partial charge on any atom is -0.331 e. The van der Waals surface area contributed by atoms with Gasteiger partial charge in [-0.2, -0.15) is 0 Å². The maximum Gasteiger partial charge on any atom is 0.109 e. The first-order valence-corrected chi connectivity index (χ1v) is 7.25. The molecule has 3 rings (SSSR count). The Balaban J connectivity index is 1.96. The minimum absolute atomic E-state index is 0.406. The number of nitrogens with two attached hydrogens (primary N) is 1. The van der Waals surface area contributed by atoms with E-state index in [4.69, 9.17) is 10.7 Å². The summed E-state index contributed by atoms with van der Waals surface area (Å²) >= 11 is 0. The van der Waals surface area contributed by atoms with Crippen LogP contribution in [0, 0.1) is 5.92 Å². The maximum absolute atomic E-state index is 5.89.